The van der Waals surface area contributed by atoms with Crippen LogP contribution in [0.5, 0.6) is 5.75 Å². The van der Waals surface area contributed by atoms with E-state index in [1.165, 1.54) is 18.9 Å². The minimum Gasteiger partial charge on any atom is -0.491 e. The lowest BCUT2D eigenvalue weighted by Gasteiger charge is -2.24. The summed E-state index contributed by atoms with van der Waals surface area (Å²) in [6.45, 7) is 1.44. The zero-order valence-electron chi connectivity index (χ0n) is 22.2. The first-order valence-electron chi connectivity index (χ1n) is 12.7. The van der Waals surface area contributed by atoms with Gasteiger partial charge in [-0.15, -0.1) is 0 Å². The Morgan fingerprint density at radius 3 is 2.38 bits per heavy atom. The van der Waals surface area contributed by atoms with Crippen LogP contribution in [-0.2, 0) is 14.4 Å². The zero-order valence-corrected chi connectivity index (χ0v) is 22.2. The molecule has 2 aromatic carbocycles. The van der Waals surface area contributed by atoms with E-state index in [1.807, 2.05) is 24.3 Å². The minimum absolute atomic E-state index is 0.0622. The quantitative estimate of drug-likeness (QED) is 0.332. The number of benzene rings is 2. The van der Waals surface area contributed by atoms with E-state index in [2.05, 4.69) is 20.8 Å². The van der Waals surface area contributed by atoms with Crippen LogP contribution in [0.1, 0.15) is 23.7 Å². The molecule has 2 heterocycles. The number of amides is 3. The van der Waals surface area contributed by atoms with Gasteiger partial charge < -0.3 is 30.2 Å². The number of aliphatic hydroxyl groups is 1. The van der Waals surface area contributed by atoms with Crippen molar-refractivity contribution in [3.05, 3.63) is 78.6 Å². The maximum atomic E-state index is 13.4. The lowest BCUT2D eigenvalue weighted by molar-refractivity contribution is -0.125. The van der Waals surface area contributed by atoms with Crippen LogP contribution in [0, 0.1) is 0 Å². The Morgan fingerprint density at radius 2 is 1.73 bits per heavy atom. The smallest absolute Gasteiger partial charge is 0.254 e. The summed E-state index contributed by atoms with van der Waals surface area (Å²) in [7, 11) is 1.41. The number of hydrogen-bond acceptors (Lipinski definition) is 8. The summed E-state index contributed by atoms with van der Waals surface area (Å²) < 4.78 is 5.58. The second-order valence-electron chi connectivity index (χ2n) is 9.22. The molecule has 11 nitrogen and oxygen atoms in total. The van der Waals surface area contributed by atoms with Gasteiger partial charge in [0.2, 0.25) is 11.8 Å². The van der Waals surface area contributed by atoms with Gasteiger partial charge in [0.25, 0.3) is 5.91 Å². The number of hydrogen-bond donors (Lipinski definition) is 3. The Kier molecular flexibility index (Phi) is 9.42. The van der Waals surface area contributed by atoms with Gasteiger partial charge >= 0.3 is 0 Å². The van der Waals surface area contributed by atoms with Crippen LogP contribution < -0.4 is 15.4 Å². The minimum atomic E-state index is -0.989. The van der Waals surface area contributed by atoms with Gasteiger partial charge in [0.1, 0.15) is 31.6 Å². The molecule has 1 aliphatic heterocycles. The molecule has 40 heavy (non-hydrogen) atoms. The molecule has 0 aliphatic carbocycles. The van der Waals surface area contributed by atoms with E-state index in [4.69, 9.17) is 9.57 Å². The number of pyridine rings is 1. The van der Waals surface area contributed by atoms with Crippen molar-refractivity contribution >= 4 is 29.1 Å². The van der Waals surface area contributed by atoms with Gasteiger partial charge in [0.05, 0.1) is 12.3 Å². The van der Waals surface area contributed by atoms with Crippen molar-refractivity contribution in [2.45, 2.75) is 25.5 Å². The van der Waals surface area contributed by atoms with Gasteiger partial charge in [0.15, 0.2) is 0 Å². The number of likely N-dealkylation sites (tertiary alicyclic amines) is 1. The number of anilines is 1. The number of aromatic nitrogens is 1. The van der Waals surface area contributed by atoms with Crippen molar-refractivity contribution in [2.24, 2.45) is 5.16 Å². The Hall–Kier alpha value is -4.77. The van der Waals surface area contributed by atoms with Gasteiger partial charge in [0, 0.05) is 43.5 Å². The molecule has 11 heteroatoms. The fraction of sp³-hybridized carbons (Fsp3) is 0.276. The summed E-state index contributed by atoms with van der Waals surface area (Å²) in [4.78, 5) is 48.0. The number of carbonyl (C=O) groups excluding carboxylic acids is 3. The van der Waals surface area contributed by atoms with Crippen molar-refractivity contribution in [2.75, 3.05) is 32.1 Å². The summed E-state index contributed by atoms with van der Waals surface area (Å²) in [5.74, 6) is -0.402. The molecule has 208 valence electrons. The van der Waals surface area contributed by atoms with E-state index in [1.54, 1.807) is 48.8 Å². The fourth-order valence-corrected chi connectivity index (χ4v) is 4.29. The van der Waals surface area contributed by atoms with Crippen LogP contribution in [0.3, 0.4) is 0 Å². The first kappa shape index (κ1) is 28.2. The van der Waals surface area contributed by atoms with Crippen molar-refractivity contribution in [1.29, 1.82) is 0 Å². The molecular weight excluding hydrogens is 514 g/mol. The van der Waals surface area contributed by atoms with Crippen molar-refractivity contribution in [3.8, 4) is 16.9 Å². The summed E-state index contributed by atoms with van der Waals surface area (Å²) in [5.41, 5.74) is 3.55. The Labute approximate surface area is 231 Å². The first-order valence-corrected chi connectivity index (χ1v) is 12.7. The number of nitrogens with one attached hydrogen (secondary N) is 2. The summed E-state index contributed by atoms with van der Waals surface area (Å²) in [5, 5.41) is 19.7. The molecule has 1 aromatic heterocycles. The lowest BCUT2D eigenvalue weighted by atomic mass is 10.0. The van der Waals surface area contributed by atoms with Crippen LogP contribution in [-0.4, -0.2) is 77.4 Å². The first-order chi connectivity index (χ1) is 19.3. The molecule has 3 N–H and O–H groups in total. The SMILES string of the molecule is CO/N=C1\C[C@@H](C(=O)NC[C@H](O)COc2ccc(NC(C)=O)cc2)N(C(=O)c2ccc(-c3ccncc3)cc2)C1. The number of ether oxygens (including phenoxy) is 1. The molecule has 0 saturated carbocycles. The van der Waals surface area contributed by atoms with Crippen LogP contribution in [0.25, 0.3) is 11.1 Å². The average Bonchev–Trinajstić information content (AvgIpc) is 3.39. The molecule has 0 radical (unpaired) electrons. The Bertz CT molecular complexity index is 1350. The van der Waals surface area contributed by atoms with Crippen molar-refractivity contribution in [1.82, 2.24) is 15.2 Å². The molecule has 0 spiro atoms. The molecule has 0 bridgehead atoms. The van der Waals surface area contributed by atoms with Crippen LogP contribution in [0.15, 0.2) is 78.2 Å². The van der Waals surface area contributed by atoms with Crippen LogP contribution in [0.4, 0.5) is 5.69 Å². The normalized spacial score (nSPS) is 16.3. The molecule has 1 aliphatic rings. The maximum absolute atomic E-state index is 13.4. The zero-order chi connectivity index (χ0) is 28.5. The molecule has 2 atom stereocenters. The largest absolute Gasteiger partial charge is 0.491 e. The maximum Gasteiger partial charge on any atom is 0.254 e. The van der Waals surface area contributed by atoms with Gasteiger partial charge in [-0.2, -0.15) is 0 Å². The van der Waals surface area contributed by atoms with E-state index >= 15 is 0 Å². The standard InChI is InChI=1S/C29H31N5O6/c1-19(35)32-23-7-9-26(10-8-23)40-18-25(36)16-31-28(37)27-15-24(33-39-2)17-34(27)29(38)22-5-3-20(4-6-22)21-11-13-30-14-12-21/h3-14,25,27,36H,15-18H2,1-2H3,(H,31,37)(H,32,35)/b33-24+/t25-,27-/m0/s1. The predicted octanol–water partition coefficient (Wildman–Crippen LogP) is 2.48. The molecule has 1 fully saturated rings. The topological polar surface area (TPSA) is 142 Å². The van der Waals surface area contributed by atoms with E-state index < -0.39 is 18.1 Å². The number of nitrogens with zero attached hydrogens (tertiary/aromatic N) is 3. The highest BCUT2D eigenvalue weighted by Crippen LogP contribution is 2.23. The molecule has 4 rings (SSSR count). The Balaban J connectivity index is 1.34. The number of aliphatic hydroxyl groups excluding tert-OH is 1. The molecule has 3 aromatic rings. The third-order valence-electron chi connectivity index (χ3n) is 6.22. The summed E-state index contributed by atoms with van der Waals surface area (Å²) >= 11 is 0. The van der Waals surface area contributed by atoms with Gasteiger partial charge in [-0.1, -0.05) is 17.3 Å². The van der Waals surface area contributed by atoms with E-state index in [0.717, 1.165) is 11.1 Å². The highest BCUT2D eigenvalue weighted by Gasteiger charge is 2.38. The lowest BCUT2D eigenvalue weighted by Crippen LogP contribution is -2.48. The molecule has 1 saturated heterocycles. The number of rotatable bonds is 10. The monoisotopic (exact) mass is 545 g/mol. The predicted molar refractivity (Wildman–Crippen MR) is 149 cm³/mol. The molecule has 3 amide bonds. The average molecular weight is 546 g/mol. The molecule has 0 unspecified atom stereocenters. The van der Waals surface area contributed by atoms with Crippen molar-refractivity contribution < 1.29 is 29.1 Å². The van der Waals surface area contributed by atoms with Crippen LogP contribution >= 0.6 is 0 Å². The summed E-state index contributed by atoms with van der Waals surface area (Å²) in [6.07, 6.45) is 2.63. The van der Waals surface area contributed by atoms with Gasteiger partial charge in [-0.25, -0.2) is 0 Å². The van der Waals surface area contributed by atoms with E-state index in [0.29, 0.717) is 22.7 Å². The third-order valence-corrected chi connectivity index (χ3v) is 6.22. The summed E-state index contributed by atoms with van der Waals surface area (Å²) in [6, 6.07) is 16.8. The van der Waals surface area contributed by atoms with E-state index in [9.17, 15) is 19.5 Å². The fourth-order valence-electron chi connectivity index (χ4n) is 4.29. The van der Waals surface area contributed by atoms with E-state index in [-0.39, 0.29) is 37.9 Å². The highest BCUT2D eigenvalue weighted by atomic mass is 16.6. The second kappa shape index (κ2) is 13.3. The van der Waals surface area contributed by atoms with Gasteiger partial charge in [-0.05, 0) is 59.7 Å². The van der Waals surface area contributed by atoms with Crippen LogP contribution in [0.2, 0.25) is 0 Å². The number of carbonyl (C=O) groups is 3. The third kappa shape index (κ3) is 7.41. The molecular formula is C29H31N5O6. The second-order valence-corrected chi connectivity index (χ2v) is 9.22. The Morgan fingerprint density at radius 1 is 1.05 bits per heavy atom. The van der Waals surface area contributed by atoms with Gasteiger partial charge in [-0.3, -0.25) is 19.4 Å². The highest BCUT2D eigenvalue weighted by molar-refractivity contribution is 6.05. The number of oxime groups is 1. The van der Waals surface area contributed by atoms with Crippen molar-refractivity contribution in [3.63, 3.8) is 0 Å².